The Morgan fingerprint density at radius 1 is 0.395 bits per heavy atom. The Morgan fingerprint density at radius 3 is 1.24 bits per heavy atom. The molecule has 6 rings (SSSR count). The molecule has 5 aromatic carbocycles. The summed E-state index contributed by atoms with van der Waals surface area (Å²) < 4.78 is 0. The molecule has 0 aliphatic heterocycles. The van der Waals surface area contributed by atoms with Crippen LogP contribution in [-0.4, -0.2) is 16.3 Å². The van der Waals surface area contributed by atoms with Crippen LogP contribution in [0.25, 0.3) is 56.2 Å². The normalized spacial score (nSPS) is 10.7. The molecule has 3 nitrogen and oxygen atoms in total. The lowest BCUT2D eigenvalue weighted by Crippen LogP contribution is -2.03. The highest BCUT2D eigenvalue weighted by Crippen LogP contribution is 2.41. The van der Waals surface area contributed by atoms with Crippen LogP contribution < -0.4 is 0 Å². The second kappa shape index (κ2) is 10.5. The van der Waals surface area contributed by atoms with E-state index in [0.717, 1.165) is 56.7 Å². The maximum absolute atomic E-state index is 12.4. The van der Waals surface area contributed by atoms with Gasteiger partial charge in [0.2, 0.25) is 0 Å². The highest BCUT2D eigenvalue weighted by Gasteiger charge is 2.23. The zero-order valence-corrected chi connectivity index (χ0v) is 20.7. The average Bonchev–Trinajstić information content (AvgIpc) is 3.02. The molecule has 180 valence electrons. The molecule has 0 radical (unpaired) electrons. The Labute approximate surface area is 222 Å². The van der Waals surface area contributed by atoms with Gasteiger partial charge in [0.25, 0.3) is 0 Å². The number of nitrogens with zero attached hydrogens (tertiary/aromatic N) is 2. The van der Waals surface area contributed by atoms with Crippen molar-refractivity contribution >= 4 is 6.29 Å². The van der Waals surface area contributed by atoms with Crippen molar-refractivity contribution in [2.45, 2.75) is 0 Å². The first kappa shape index (κ1) is 23.3. The predicted octanol–water partition coefficient (Wildman–Crippen LogP) is 8.62. The summed E-state index contributed by atoms with van der Waals surface area (Å²) in [7, 11) is 0. The van der Waals surface area contributed by atoms with Gasteiger partial charge in [0.15, 0.2) is 6.29 Å². The molecule has 0 unspecified atom stereocenters. The van der Waals surface area contributed by atoms with E-state index in [4.69, 9.17) is 9.97 Å². The van der Waals surface area contributed by atoms with E-state index in [2.05, 4.69) is 24.3 Å². The van der Waals surface area contributed by atoms with E-state index >= 15 is 0 Å². The molecule has 0 aliphatic rings. The number of carbonyl (C=O) groups excluding carboxylic acids is 1. The van der Waals surface area contributed by atoms with Gasteiger partial charge in [-0.15, -0.1) is 0 Å². The molecule has 0 amide bonds. The van der Waals surface area contributed by atoms with Gasteiger partial charge in [-0.05, 0) is 11.1 Å². The minimum Gasteiger partial charge on any atom is -0.298 e. The minimum absolute atomic E-state index is 0.573. The van der Waals surface area contributed by atoms with Crippen molar-refractivity contribution in [1.29, 1.82) is 0 Å². The molecule has 3 heteroatoms. The van der Waals surface area contributed by atoms with Crippen molar-refractivity contribution in [3.8, 4) is 56.2 Å². The smallest absolute Gasteiger partial charge is 0.150 e. The van der Waals surface area contributed by atoms with Crippen LogP contribution in [0.3, 0.4) is 0 Å². The third kappa shape index (κ3) is 4.42. The van der Waals surface area contributed by atoms with Crippen molar-refractivity contribution < 1.29 is 4.79 Å². The number of rotatable bonds is 6. The number of carbonyl (C=O) groups is 1. The molecule has 0 fully saturated rings. The van der Waals surface area contributed by atoms with Crippen molar-refractivity contribution in [3.63, 3.8) is 0 Å². The second-order valence-corrected chi connectivity index (χ2v) is 8.97. The summed E-state index contributed by atoms with van der Waals surface area (Å²) >= 11 is 0. The zero-order chi connectivity index (χ0) is 25.7. The number of benzene rings is 5. The fourth-order valence-electron chi connectivity index (χ4n) is 4.79. The maximum Gasteiger partial charge on any atom is 0.150 e. The number of hydrogen-bond acceptors (Lipinski definition) is 3. The van der Waals surface area contributed by atoms with E-state index in [9.17, 15) is 4.79 Å². The van der Waals surface area contributed by atoms with Crippen LogP contribution in [0, 0.1) is 0 Å². The minimum atomic E-state index is 0.573. The molecule has 0 saturated carbocycles. The van der Waals surface area contributed by atoms with Gasteiger partial charge in [0, 0.05) is 27.8 Å². The molecule has 0 atom stereocenters. The van der Waals surface area contributed by atoms with Crippen molar-refractivity contribution in [2.24, 2.45) is 0 Å². The van der Waals surface area contributed by atoms with Gasteiger partial charge in [-0.1, -0.05) is 140 Å². The highest BCUT2D eigenvalue weighted by atomic mass is 16.1. The van der Waals surface area contributed by atoms with E-state index in [1.165, 1.54) is 0 Å². The second-order valence-electron chi connectivity index (χ2n) is 8.97. The summed E-state index contributed by atoms with van der Waals surface area (Å²) in [6.07, 6.45) is 0.908. The Hall–Kier alpha value is -5.15. The van der Waals surface area contributed by atoms with E-state index in [0.29, 0.717) is 11.3 Å². The molecule has 0 bridgehead atoms. The summed E-state index contributed by atoms with van der Waals surface area (Å²) in [6, 6.07) is 46.2. The molecule has 6 aromatic rings. The maximum atomic E-state index is 12.4. The largest absolute Gasteiger partial charge is 0.298 e. The van der Waals surface area contributed by atoms with Crippen molar-refractivity contribution in [2.75, 3.05) is 0 Å². The van der Waals surface area contributed by atoms with Crippen molar-refractivity contribution in [1.82, 2.24) is 9.97 Å². The van der Waals surface area contributed by atoms with E-state index in [1.54, 1.807) is 0 Å². The summed E-state index contributed by atoms with van der Waals surface area (Å²) in [5.41, 5.74) is 9.16. The van der Waals surface area contributed by atoms with Gasteiger partial charge in [0.05, 0.1) is 22.8 Å². The third-order valence-corrected chi connectivity index (χ3v) is 6.58. The average molecular weight is 489 g/mol. The van der Waals surface area contributed by atoms with Gasteiger partial charge in [0.1, 0.15) is 0 Å². The first-order valence-corrected chi connectivity index (χ1v) is 12.6. The summed E-state index contributed by atoms with van der Waals surface area (Å²) in [6.45, 7) is 0. The van der Waals surface area contributed by atoms with Gasteiger partial charge in [-0.2, -0.15) is 0 Å². The molecule has 38 heavy (non-hydrogen) atoms. The zero-order valence-electron chi connectivity index (χ0n) is 20.7. The van der Waals surface area contributed by atoms with Crippen LogP contribution in [0.15, 0.2) is 140 Å². The third-order valence-electron chi connectivity index (χ3n) is 6.58. The molecule has 0 aliphatic carbocycles. The summed E-state index contributed by atoms with van der Waals surface area (Å²) in [5, 5.41) is 0. The molecular formula is C35H24N2O. The molecule has 1 heterocycles. The van der Waals surface area contributed by atoms with Crippen LogP contribution in [-0.2, 0) is 0 Å². The van der Waals surface area contributed by atoms with Gasteiger partial charge < -0.3 is 0 Å². The molecule has 1 aromatic heterocycles. The fourth-order valence-corrected chi connectivity index (χ4v) is 4.79. The van der Waals surface area contributed by atoms with E-state index in [-0.39, 0.29) is 0 Å². The number of aromatic nitrogens is 2. The fraction of sp³-hybridized carbons (Fsp3) is 0. The first-order valence-electron chi connectivity index (χ1n) is 12.6. The molecular weight excluding hydrogens is 464 g/mol. The van der Waals surface area contributed by atoms with Crippen LogP contribution in [0.1, 0.15) is 10.4 Å². The summed E-state index contributed by atoms with van der Waals surface area (Å²) in [4.78, 5) is 23.1. The van der Waals surface area contributed by atoms with Crippen LogP contribution in [0.4, 0.5) is 0 Å². The number of aldehydes is 1. The quantitative estimate of drug-likeness (QED) is 0.220. The Balaban J connectivity index is 1.74. The Bertz CT molecular complexity index is 1700. The van der Waals surface area contributed by atoms with Gasteiger partial charge >= 0.3 is 0 Å². The Morgan fingerprint density at radius 2 is 0.789 bits per heavy atom. The Kier molecular flexibility index (Phi) is 6.40. The van der Waals surface area contributed by atoms with Crippen LogP contribution in [0.5, 0.6) is 0 Å². The SMILES string of the molecule is O=Cc1cccc(-c2ccccc2)c1-c1nc(-c2ccccc2)c(-c2ccccc2)nc1-c1ccccc1. The molecule has 0 spiro atoms. The van der Waals surface area contributed by atoms with Crippen molar-refractivity contribution in [3.05, 3.63) is 145 Å². The summed E-state index contributed by atoms with van der Waals surface area (Å²) in [5.74, 6) is 0. The van der Waals surface area contributed by atoms with Gasteiger partial charge in [-0.25, -0.2) is 9.97 Å². The molecule has 0 N–H and O–H groups in total. The van der Waals surface area contributed by atoms with E-state index < -0.39 is 0 Å². The van der Waals surface area contributed by atoms with E-state index in [1.807, 2.05) is 115 Å². The first-order chi connectivity index (χ1) is 18.8. The number of hydrogen-bond donors (Lipinski definition) is 0. The standard InChI is InChI=1S/C35H24N2O/c38-24-29-22-13-23-30(25-14-5-1-6-15-25)31(29)35-34(28-20-11-4-12-21-28)36-32(26-16-7-2-8-17-26)33(37-35)27-18-9-3-10-19-27/h1-24H. The molecule has 0 saturated heterocycles. The van der Waals surface area contributed by atoms with Crippen LogP contribution in [0.2, 0.25) is 0 Å². The topological polar surface area (TPSA) is 42.9 Å². The van der Waals surface area contributed by atoms with Gasteiger partial charge in [-0.3, -0.25) is 4.79 Å². The van der Waals surface area contributed by atoms with Crippen LogP contribution >= 0.6 is 0 Å². The lowest BCUT2D eigenvalue weighted by atomic mass is 9.90. The lowest BCUT2D eigenvalue weighted by molar-refractivity contribution is 0.112. The lowest BCUT2D eigenvalue weighted by Gasteiger charge is -2.19. The highest BCUT2D eigenvalue weighted by molar-refractivity contribution is 5.99. The monoisotopic (exact) mass is 488 g/mol. The predicted molar refractivity (Wildman–Crippen MR) is 155 cm³/mol.